The van der Waals surface area contributed by atoms with Crippen molar-refractivity contribution in [3.63, 3.8) is 0 Å². The van der Waals surface area contributed by atoms with Crippen LogP contribution < -0.4 is 11.1 Å². The van der Waals surface area contributed by atoms with Gasteiger partial charge in [-0.1, -0.05) is 49.4 Å². The van der Waals surface area contributed by atoms with Gasteiger partial charge in [0.25, 0.3) is 0 Å². The van der Waals surface area contributed by atoms with Crippen LogP contribution in [0.25, 0.3) is 11.0 Å². The van der Waals surface area contributed by atoms with Gasteiger partial charge in [-0.05, 0) is 36.5 Å². The lowest BCUT2D eigenvalue weighted by molar-refractivity contribution is -0.133. The number of carbonyl (C=O) groups excluding carboxylic acids is 1. The van der Waals surface area contributed by atoms with Crippen molar-refractivity contribution in [3.8, 4) is 0 Å². The third-order valence-electron chi connectivity index (χ3n) is 5.62. The molecule has 1 fully saturated rings. The summed E-state index contributed by atoms with van der Waals surface area (Å²) in [4.78, 5) is 40.5. The molecule has 1 aliphatic heterocycles. The number of hydrogen-bond donors (Lipinski definition) is 0. The van der Waals surface area contributed by atoms with Crippen LogP contribution in [-0.2, 0) is 17.9 Å². The molecule has 0 aliphatic carbocycles. The number of fused-ring (bicyclic) bond motifs is 1. The Balaban J connectivity index is 1.75. The normalized spacial score (nSPS) is 16.9. The van der Waals surface area contributed by atoms with E-state index in [0.717, 1.165) is 18.4 Å². The summed E-state index contributed by atoms with van der Waals surface area (Å²) in [5.74, 6) is 0.351. The van der Waals surface area contributed by atoms with Crippen LogP contribution in [0.2, 0.25) is 0 Å². The summed E-state index contributed by atoms with van der Waals surface area (Å²) in [6.45, 7) is 3.75. The van der Waals surface area contributed by atoms with Gasteiger partial charge in [-0.2, -0.15) is 0 Å². The molecule has 0 bridgehead atoms. The van der Waals surface area contributed by atoms with Crippen molar-refractivity contribution in [2.75, 3.05) is 13.1 Å². The molecule has 1 saturated heterocycles. The van der Waals surface area contributed by atoms with E-state index in [-0.39, 0.29) is 12.5 Å². The number of aromatic nitrogens is 2. The third-order valence-corrected chi connectivity index (χ3v) is 5.62. The molecule has 0 unspecified atom stereocenters. The maximum atomic E-state index is 12.9. The molecule has 1 aliphatic rings. The largest absolute Gasteiger partial charge is 0.341 e. The van der Waals surface area contributed by atoms with Gasteiger partial charge < -0.3 is 4.90 Å². The number of benzene rings is 2. The zero-order valence-electron chi connectivity index (χ0n) is 16.6. The topological polar surface area (TPSA) is 64.3 Å². The van der Waals surface area contributed by atoms with Gasteiger partial charge >= 0.3 is 11.1 Å². The van der Waals surface area contributed by atoms with Gasteiger partial charge in [-0.15, -0.1) is 0 Å². The first-order valence-electron chi connectivity index (χ1n) is 10.1. The molecule has 2 heterocycles. The highest BCUT2D eigenvalue weighted by Crippen LogP contribution is 2.17. The fourth-order valence-electron chi connectivity index (χ4n) is 4.10. The second-order valence-electron chi connectivity index (χ2n) is 7.84. The van der Waals surface area contributed by atoms with E-state index in [1.165, 1.54) is 9.13 Å². The van der Waals surface area contributed by atoms with Crippen LogP contribution >= 0.6 is 0 Å². The van der Waals surface area contributed by atoms with Gasteiger partial charge in [0.15, 0.2) is 0 Å². The molecule has 0 N–H and O–H groups in total. The summed E-state index contributed by atoms with van der Waals surface area (Å²) in [6.07, 6.45) is 2.09. The molecule has 150 valence electrons. The maximum absolute atomic E-state index is 12.9. The summed E-state index contributed by atoms with van der Waals surface area (Å²) < 4.78 is 2.83. The van der Waals surface area contributed by atoms with E-state index >= 15 is 0 Å². The first-order chi connectivity index (χ1) is 14.0. The first kappa shape index (κ1) is 19.2. The van der Waals surface area contributed by atoms with Gasteiger partial charge in [0.1, 0.15) is 6.54 Å². The van der Waals surface area contributed by atoms with Crippen LogP contribution in [0.3, 0.4) is 0 Å². The second kappa shape index (κ2) is 8.07. The summed E-state index contributed by atoms with van der Waals surface area (Å²) in [7, 11) is 0. The molecule has 6 heteroatoms. The van der Waals surface area contributed by atoms with Crippen molar-refractivity contribution >= 4 is 16.9 Å². The molecule has 6 nitrogen and oxygen atoms in total. The van der Waals surface area contributed by atoms with E-state index in [4.69, 9.17) is 0 Å². The number of carbonyl (C=O) groups is 1. The number of nitrogens with zero attached hydrogens (tertiary/aromatic N) is 3. The van der Waals surface area contributed by atoms with Crippen LogP contribution in [0, 0.1) is 5.92 Å². The number of amides is 1. The van der Waals surface area contributed by atoms with Crippen LogP contribution in [0.1, 0.15) is 25.3 Å². The molecule has 0 saturated carbocycles. The Labute approximate surface area is 169 Å². The van der Waals surface area contributed by atoms with Crippen LogP contribution in [0.4, 0.5) is 0 Å². The molecule has 29 heavy (non-hydrogen) atoms. The SMILES string of the molecule is C[C@@H]1CCCN(C(=O)Cn2c(=O)c(=O)n(Cc3ccccc3)c3ccccc32)C1. The average Bonchev–Trinajstić information content (AvgIpc) is 2.75. The Morgan fingerprint density at radius 3 is 2.24 bits per heavy atom. The minimum absolute atomic E-state index is 0.104. The summed E-state index contributed by atoms with van der Waals surface area (Å²) in [5.41, 5.74) is 0.938. The Bertz CT molecular complexity index is 1150. The van der Waals surface area contributed by atoms with Crippen molar-refractivity contribution in [1.29, 1.82) is 0 Å². The van der Waals surface area contributed by atoms with Crippen molar-refractivity contribution < 1.29 is 4.79 Å². The summed E-state index contributed by atoms with van der Waals surface area (Å²) in [5, 5.41) is 0. The van der Waals surface area contributed by atoms with Crippen molar-refractivity contribution in [2.24, 2.45) is 5.92 Å². The quantitative estimate of drug-likeness (QED) is 0.642. The Hall–Kier alpha value is -3.15. The number of piperidine rings is 1. The number of likely N-dealkylation sites (tertiary alicyclic amines) is 1. The van der Waals surface area contributed by atoms with Crippen molar-refractivity contribution in [3.05, 3.63) is 80.9 Å². The molecule has 2 aromatic carbocycles. The van der Waals surface area contributed by atoms with Gasteiger partial charge in [-0.3, -0.25) is 23.5 Å². The zero-order chi connectivity index (χ0) is 20.4. The van der Waals surface area contributed by atoms with E-state index < -0.39 is 11.1 Å². The Kier molecular flexibility index (Phi) is 5.34. The monoisotopic (exact) mass is 391 g/mol. The second-order valence-corrected chi connectivity index (χ2v) is 7.84. The van der Waals surface area contributed by atoms with Crippen molar-refractivity contribution in [2.45, 2.75) is 32.9 Å². The van der Waals surface area contributed by atoms with E-state index in [9.17, 15) is 14.4 Å². The van der Waals surface area contributed by atoms with E-state index in [1.54, 1.807) is 6.07 Å². The fraction of sp³-hybridized carbons (Fsp3) is 0.348. The van der Waals surface area contributed by atoms with Crippen molar-refractivity contribution in [1.82, 2.24) is 14.0 Å². The fourth-order valence-corrected chi connectivity index (χ4v) is 4.10. The Morgan fingerprint density at radius 2 is 1.55 bits per heavy atom. The van der Waals surface area contributed by atoms with Gasteiger partial charge in [0.05, 0.1) is 17.6 Å². The maximum Gasteiger partial charge on any atom is 0.317 e. The summed E-state index contributed by atoms with van der Waals surface area (Å²) >= 11 is 0. The standard InChI is InChI=1S/C23H25N3O3/c1-17-8-7-13-24(14-17)21(27)16-26-20-12-6-5-11-19(20)25(22(28)23(26)29)15-18-9-3-2-4-10-18/h2-6,9-12,17H,7-8,13-16H2,1H3/t17-/m1/s1. The first-order valence-corrected chi connectivity index (χ1v) is 10.1. The van der Waals surface area contributed by atoms with Gasteiger partial charge in [0, 0.05) is 13.1 Å². The number of hydrogen-bond acceptors (Lipinski definition) is 3. The highest BCUT2D eigenvalue weighted by molar-refractivity contribution is 5.80. The van der Waals surface area contributed by atoms with E-state index in [2.05, 4.69) is 6.92 Å². The average molecular weight is 391 g/mol. The molecule has 3 aromatic rings. The molecule has 1 aromatic heterocycles. The minimum atomic E-state index is -0.655. The molecule has 4 rings (SSSR count). The van der Waals surface area contributed by atoms with Crippen LogP contribution in [-0.4, -0.2) is 33.0 Å². The summed E-state index contributed by atoms with van der Waals surface area (Å²) in [6, 6.07) is 16.9. The molecular weight excluding hydrogens is 366 g/mol. The lowest BCUT2D eigenvalue weighted by atomic mass is 10.0. The molecule has 0 spiro atoms. The molecular formula is C23H25N3O3. The zero-order valence-corrected chi connectivity index (χ0v) is 16.6. The third kappa shape index (κ3) is 3.88. The van der Waals surface area contributed by atoms with Gasteiger partial charge in [-0.25, -0.2) is 0 Å². The van der Waals surface area contributed by atoms with E-state index in [0.29, 0.717) is 36.6 Å². The minimum Gasteiger partial charge on any atom is -0.341 e. The Morgan fingerprint density at radius 1 is 0.931 bits per heavy atom. The van der Waals surface area contributed by atoms with E-state index in [1.807, 2.05) is 53.4 Å². The van der Waals surface area contributed by atoms with Crippen LogP contribution in [0.15, 0.2) is 64.2 Å². The number of rotatable bonds is 4. The molecule has 1 amide bonds. The predicted molar refractivity (Wildman–Crippen MR) is 113 cm³/mol. The smallest absolute Gasteiger partial charge is 0.317 e. The van der Waals surface area contributed by atoms with Gasteiger partial charge in [0.2, 0.25) is 5.91 Å². The lowest BCUT2D eigenvalue weighted by Gasteiger charge is -2.31. The highest BCUT2D eigenvalue weighted by Gasteiger charge is 2.23. The van der Waals surface area contributed by atoms with Crippen LogP contribution in [0.5, 0.6) is 0 Å². The lowest BCUT2D eigenvalue weighted by Crippen LogP contribution is -2.46. The molecule has 1 atom stereocenters. The predicted octanol–water partition coefficient (Wildman–Crippen LogP) is 2.47. The highest BCUT2D eigenvalue weighted by atomic mass is 16.2. The number of para-hydroxylation sites is 2. The molecule has 0 radical (unpaired) electrons.